The summed E-state index contributed by atoms with van der Waals surface area (Å²) < 4.78 is 0. The molecule has 0 bridgehead atoms. The van der Waals surface area contributed by atoms with Crippen molar-refractivity contribution < 1.29 is 9.72 Å². The van der Waals surface area contributed by atoms with Crippen LogP contribution in [0.2, 0.25) is 0 Å². The molecule has 0 spiro atoms. The molecule has 0 aliphatic heterocycles. The summed E-state index contributed by atoms with van der Waals surface area (Å²) in [7, 11) is 0. The van der Waals surface area contributed by atoms with Gasteiger partial charge in [0.2, 0.25) is 0 Å². The summed E-state index contributed by atoms with van der Waals surface area (Å²) in [6.07, 6.45) is 3.95. The minimum Gasteiger partial charge on any atom is -0.361 e. The van der Waals surface area contributed by atoms with Crippen LogP contribution in [0.5, 0.6) is 0 Å². The standard InChI is InChI=1S/C20H16N4O3/c21-12-16(11-14-5-7-17(8-6-14)24(26)27)20(25)22-10-9-15-13-23-19-4-2-1-3-18(15)19/h1-8,11,13,23H,9-10H2,(H,22,25)/b16-11-. The quantitative estimate of drug-likeness (QED) is 0.304. The van der Waals surface area contributed by atoms with Crippen molar-refractivity contribution in [2.45, 2.75) is 6.42 Å². The number of aromatic nitrogens is 1. The number of amides is 1. The molecule has 0 atom stereocenters. The van der Waals surface area contributed by atoms with Gasteiger partial charge in [-0.1, -0.05) is 18.2 Å². The minimum absolute atomic E-state index is 0.0474. The Morgan fingerprint density at radius 1 is 1.22 bits per heavy atom. The minimum atomic E-state index is -0.504. The van der Waals surface area contributed by atoms with Gasteiger partial charge < -0.3 is 10.3 Å². The molecule has 134 valence electrons. The number of nitrogens with zero attached hydrogens (tertiary/aromatic N) is 2. The van der Waals surface area contributed by atoms with Gasteiger partial charge >= 0.3 is 0 Å². The lowest BCUT2D eigenvalue weighted by Crippen LogP contribution is -2.26. The molecule has 0 aliphatic carbocycles. The van der Waals surface area contributed by atoms with E-state index in [1.165, 1.54) is 30.3 Å². The Balaban J connectivity index is 1.63. The molecule has 27 heavy (non-hydrogen) atoms. The molecular weight excluding hydrogens is 344 g/mol. The average Bonchev–Trinajstić information content (AvgIpc) is 3.09. The molecule has 0 aliphatic rings. The molecule has 1 amide bonds. The highest BCUT2D eigenvalue weighted by Gasteiger charge is 2.10. The number of carbonyl (C=O) groups excluding carboxylic acids is 1. The number of H-pyrrole nitrogens is 1. The second-order valence-electron chi connectivity index (χ2n) is 5.88. The van der Waals surface area contributed by atoms with E-state index in [1.807, 2.05) is 36.5 Å². The van der Waals surface area contributed by atoms with E-state index in [1.54, 1.807) is 0 Å². The summed E-state index contributed by atoms with van der Waals surface area (Å²) in [5.74, 6) is -0.476. The maximum Gasteiger partial charge on any atom is 0.269 e. The monoisotopic (exact) mass is 360 g/mol. The van der Waals surface area contributed by atoms with Crippen LogP contribution in [-0.4, -0.2) is 22.4 Å². The van der Waals surface area contributed by atoms with Crippen molar-refractivity contribution in [3.63, 3.8) is 0 Å². The van der Waals surface area contributed by atoms with E-state index < -0.39 is 10.8 Å². The van der Waals surface area contributed by atoms with E-state index in [-0.39, 0.29) is 11.3 Å². The Hall–Kier alpha value is -3.92. The topological polar surface area (TPSA) is 112 Å². The van der Waals surface area contributed by atoms with E-state index in [0.29, 0.717) is 18.5 Å². The Bertz CT molecular complexity index is 1060. The van der Waals surface area contributed by atoms with Crippen molar-refractivity contribution in [2.75, 3.05) is 6.54 Å². The third-order valence-corrected chi connectivity index (χ3v) is 4.13. The number of nitrogens with one attached hydrogen (secondary N) is 2. The Morgan fingerprint density at radius 2 is 1.96 bits per heavy atom. The average molecular weight is 360 g/mol. The highest BCUT2D eigenvalue weighted by Crippen LogP contribution is 2.18. The number of nitriles is 1. The van der Waals surface area contributed by atoms with Crippen molar-refractivity contribution in [3.8, 4) is 6.07 Å². The second-order valence-corrected chi connectivity index (χ2v) is 5.88. The molecule has 7 heteroatoms. The first-order valence-corrected chi connectivity index (χ1v) is 8.28. The van der Waals surface area contributed by atoms with Crippen LogP contribution in [0.4, 0.5) is 5.69 Å². The largest absolute Gasteiger partial charge is 0.361 e. The van der Waals surface area contributed by atoms with Gasteiger partial charge in [-0.25, -0.2) is 0 Å². The molecule has 2 N–H and O–H groups in total. The molecule has 1 heterocycles. The van der Waals surface area contributed by atoms with Crippen molar-refractivity contribution in [1.82, 2.24) is 10.3 Å². The van der Waals surface area contributed by atoms with Gasteiger partial charge in [0, 0.05) is 35.8 Å². The van der Waals surface area contributed by atoms with Gasteiger partial charge in [0.15, 0.2) is 0 Å². The highest BCUT2D eigenvalue weighted by molar-refractivity contribution is 6.01. The van der Waals surface area contributed by atoms with E-state index in [2.05, 4.69) is 10.3 Å². The molecule has 3 rings (SSSR count). The first kappa shape index (κ1) is 17.9. The van der Waals surface area contributed by atoms with Crippen molar-refractivity contribution in [2.24, 2.45) is 0 Å². The summed E-state index contributed by atoms with van der Waals surface area (Å²) >= 11 is 0. The fourth-order valence-corrected chi connectivity index (χ4v) is 2.75. The molecule has 7 nitrogen and oxygen atoms in total. The summed E-state index contributed by atoms with van der Waals surface area (Å²) in [6, 6.07) is 15.4. The van der Waals surface area contributed by atoms with Crippen LogP contribution in [0, 0.1) is 21.4 Å². The van der Waals surface area contributed by atoms with Gasteiger partial charge in [-0.15, -0.1) is 0 Å². The van der Waals surface area contributed by atoms with Crippen molar-refractivity contribution in [1.29, 1.82) is 5.26 Å². The summed E-state index contributed by atoms with van der Waals surface area (Å²) in [4.78, 5) is 25.6. The fourth-order valence-electron chi connectivity index (χ4n) is 2.75. The summed E-state index contributed by atoms with van der Waals surface area (Å²) in [5, 5.41) is 23.7. The van der Waals surface area contributed by atoms with Crippen LogP contribution in [0.1, 0.15) is 11.1 Å². The number of non-ortho nitro benzene ring substituents is 1. The molecule has 3 aromatic rings. The van der Waals surface area contributed by atoms with Gasteiger partial charge in [-0.3, -0.25) is 14.9 Å². The lowest BCUT2D eigenvalue weighted by Gasteiger charge is -2.04. The normalized spacial score (nSPS) is 11.1. The molecular formula is C20H16N4O3. The molecule has 2 aromatic carbocycles. The van der Waals surface area contributed by atoms with Crippen LogP contribution < -0.4 is 5.32 Å². The van der Waals surface area contributed by atoms with E-state index >= 15 is 0 Å². The van der Waals surface area contributed by atoms with Gasteiger partial charge in [0.1, 0.15) is 11.6 Å². The highest BCUT2D eigenvalue weighted by atomic mass is 16.6. The SMILES string of the molecule is N#C/C(=C/c1ccc([N+](=O)[O-])cc1)C(=O)NCCc1c[nH]c2ccccc12. The lowest BCUT2D eigenvalue weighted by atomic mass is 10.1. The van der Waals surface area contributed by atoms with E-state index in [0.717, 1.165) is 16.5 Å². The number of hydrogen-bond acceptors (Lipinski definition) is 4. The Labute approximate surface area is 155 Å². The summed E-state index contributed by atoms with van der Waals surface area (Å²) in [6.45, 7) is 0.389. The maximum atomic E-state index is 12.2. The number of rotatable bonds is 6. The first-order valence-electron chi connectivity index (χ1n) is 8.28. The molecule has 0 unspecified atom stereocenters. The number of aromatic amines is 1. The number of benzene rings is 2. The van der Waals surface area contributed by atoms with Crippen molar-refractivity contribution in [3.05, 3.63) is 81.5 Å². The number of fused-ring (bicyclic) bond motifs is 1. The Kier molecular flexibility index (Phi) is 5.28. The zero-order valence-corrected chi connectivity index (χ0v) is 14.3. The third-order valence-electron chi connectivity index (χ3n) is 4.13. The zero-order chi connectivity index (χ0) is 19.2. The van der Waals surface area contributed by atoms with Crippen LogP contribution in [0.15, 0.2) is 60.3 Å². The molecule has 0 saturated heterocycles. The molecule has 1 aromatic heterocycles. The Morgan fingerprint density at radius 3 is 2.67 bits per heavy atom. The predicted octanol–water partition coefficient (Wildman–Crippen LogP) is 3.34. The zero-order valence-electron chi connectivity index (χ0n) is 14.3. The van der Waals surface area contributed by atoms with Gasteiger partial charge in [-0.2, -0.15) is 5.26 Å². The number of hydrogen-bond donors (Lipinski definition) is 2. The van der Waals surface area contributed by atoms with Crippen LogP contribution >= 0.6 is 0 Å². The summed E-state index contributed by atoms with van der Waals surface area (Å²) in [5.41, 5.74) is 2.57. The van der Waals surface area contributed by atoms with Crippen LogP contribution in [0.25, 0.3) is 17.0 Å². The van der Waals surface area contributed by atoms with Crippen LogP contribution in [0.3, 0.4) is 0 Å². The number of carbonyl (C=O) groups is 1. The number of nitro groups is 1. The number of para-hydroxylation sites is 1. The molecule has 0 fully saturated rings. The van der Waals surface area contributed by atoms with E-state index in [4.69, 9.17) is 0 Å². The number of nitro benzene ring substituents is 1. The fraction of sp³-hybridized carbons (Fsp3) is 0.100. The van der Waals surface area contributed by atoms with Crippen molar-refractivity contribution >= 4 is 28.6 Å². The smallest absolute Gasteiger partial charge is 0.269 e. The van der Waals surface area contributed by atoms with E-state index in [9.17, 15) is 20.2 Å². The molecule has 0 radical (unpaired) electrons. The molecule has 0 saturated carbocycles. The lowest BCUT2D eigenvalue weighted by molar-refractivity contribution is -0.384. The third kappa shape index (κ3) is 4.19. The van der Waals surface area contributed by atoms with Gasteiger partial charge in [0.25, 0.3) is 11.6 Å². The predicted molar refractivity (Wildman–Crippen MR) is 102 cm³/mol. The second kappa shape index (κ2) is 7.97. The first-order chi connectivity index (χ1) is 13.1. The van der Waals surface area contributed by atoms with Crippen LogP contribution in [-0.2, 0) is 11.2 Å². The van der Waals surface area contributed by atoms with Gasteiger partial charge in [0.05, 0.1) is 4.92 Å². The maximum absolute atomic E-state index is 12.2. The van der Waals surface area contributed by atoms with Gasteiger partial charge in [-0.05, 0) is 41.8 Å².